The monoisotopic (exact) mass is 309 g/mol. The normalized spacial score (nSPS) is 15.8. The zero-order valence-corrected chi connectivity index (χ0v) is 12.9. The summed E-state index contributed by atoms with van der Waals surface area (Å²) < 4.78 is 0. The molecule has 2 rings (SSSR count). The number of rotatable bonds is 4. The lowest BCUT2D eigenvalue weighted by molar-refractivity contribution is -0.126. The lowest BCUT2D eigenvalue weighted by atomic mass is 9.95. The number of piperidine rings is 1. The van der Waals surface area contributed by atoms with Crippen molar-refractivity contribution in [2.24, 2.45) is 5.92 Å². The summed E-state index contributed by atoms with van der Waals surface area (Å²) in [6, 6.07) is 3.29. The van der Waals surface area contributed by atoms with Gasteiger partial charge in [-0.2, -0.15) is 0 Å². The number of amides is 2. The van der Waals surface area contributed by atoms with Gasteiger partial charge in [0, 0.05) is 31.7 Å². The first-order valence-electron chi connectivity index (χ1n) is 7.30. The lowest BCUT2D eigenvalue weighted by Gasteiger charge is -2.31. The van der Waals surface area contributed by atoms with Crippen LogP contribution in [0, 0.1) is 5.92 Å². The molecule has 0 saturated carbocycles. The lowest BCUT2D eigenvalue weighted by Crippen LogP contribution is -2.43. The van der Waals surface area contributed by atoms with Gasteiger partial charge in [-0.05, 0) is 31.4 Å². The molecule has 0 unspecified atom stereocenters. The van der Waals surface area contributed by atoms with Crippen LogP contribution in [0.3, 0.4) is 0 Å². The fourth-order valence-electron chi connectivity index (χ4n) is 2.42. The Bertz CT molecular complexity index is 496. The standard InChI is InChI=1S/C15H20ClN3O2/c1-2-7-17-14(20)11-5-8-19(9-6-11)15(21)12-3-4-13(16)18-10-12/h3-4,10-11H,2,5-9H2,1H3,(H,17,20). The third kappa shape index (κ3) is 4.17. The van der Waals surface area contributed by atoms with Gasteiger partial charge in [0.25, 0.3) is 5.91 Å². The molecule has 114 valence electrons. The highest BCUT2D eigenvalue weighted by molar-refractivity contribution is 6.29. The van der Waals surface area contributed by atoms with E-state index in [9.17, 15) is 9.59 Å². The van der Waals surface area contributed by atoms with Crippen molar-refractivity contribution < 1.29 is 9.59 Å². The summed E-state index contributed by atoms with van der Waals surface area (Å²) in [6.45, 7) is 3.95. The Kier molecular flexibility index (Phi) is 5.56. The largest absolute Gasteiger partial charge is 0.356 e. The van der Waals surface area contributed by atoms with Crippen molar-refractivity contribution in [2.75, 3.05) is 19.6 Å². The van der Waals surface area contributed by atoms with E-state index in [1.165, 1.54) is 6.20 Å². The minimum atomic E-state index is -0.0495. The van der Waals surface area contributed by atoms with E-state index < -0.39 is 0 Å². The number of hydrogen-bond acceptors (Lipinski definition) is 3. The first-order valence-corrected chi connectivity index (χ1v) is 7.68. The third-order valence-electron chi connectivity index (χ3n) is 3.68. The molecule has 1 saturated heterocycles. The first kappa shape index (κ1) is 15.8. The maximum atomic E-state index is 12.3. The number of halogens is 1. The molecule has 1 aromatic heterocycles. The van der Waals surface area contributed by atoms with E-state index in [0.29, 0.717) is 43.2 Å². The minimum Gasteiger partial charge on any atom is -0.356 e. The molecule has 1 aromatic rings. The number of likely N-dealkylation sites (tertiary alicyclic amines) is 1. The van der Waals surface area contributed by atoms with Gasteiger partial charge in [0.1, 0.15) is 5.15 Å². The molecule has 0 radical (unpaired) electrons. The van der Waals surface area contributed by atoms with Crippen LogP contribution in [-0.2, 0) is 4.79 Å². The van der Waals surface area contributed by atoms with Crippen molar-refractivity contribution in [2.45, 2.75) is 26.2 Å². The molecule has 1 aliphatic rings. The zero-order chi connectivity index (χ0) is 15.2. The predicted octanol–water partition coefficient (Wildman–Crippen LogP) is 2.11. The molecular formula is C15H20ClN3O2. The van der Waals surface area contributed by atoms with E-state index in [4.69, 9.17) is 11.6 Å². The summed E-state index contributed by atoms with van der Waals surface area (Å²) in [6.07, 6.45) is 3.85. The summed E-state index contributed by atoms with van der Waals surface area (Å²) in [5.41, 5.74) is 0.535. The Balaban J connectivity index is 1.87. The van der Waals surface area contributed by atoms with Crippen molar-refractivity contribution in [1.29, 1.82) is 0 Å². The van der Waals surface area contributed by atoms with Gasteiger partial charge in [0.15, 0.2) is 0 Å². The molecule has 0 atom stereocenters. The summed E-state index contributed by atoms with van der Waals surface area (Å²) in [5.74, 6) is 0.0765. The van der Waals surface area contributed by atoms with Crippen molar-refractivity contribution in [3.05, 3.63) is 29.0 Å². The highest BCUT2D eigenvalue weighted by atomic mass is 35.5. The van der Waals surface area contributed by atoms with Crippen LogP contribution in [0.15, 0.2) is 18.3 Å². The fourth-order valence-corrected chi connectivity index (χ4v) is 2.53. The van der Waals surface area contributed by atoms with E-state index >= 15 is 0 Å². The van der Waals surface area contributed by atoms with E-state index in [-0.39, 0.29) is 17.7 Å². The van der Waals surface area contributed by atoms with E-state index in [1.807, 2.05) is 6.92 Å². The molecule has 5 nitrogen and oxygen atoms in total. The van der Waals surface area contributed by atoms with Crippen LogP contribution >= 0.6 is 11.6 Å². The van der Waals surface area contributed by atoms with Crippen molar-refractivity contribution in [3.63, 3.8) is 0 Å². The van der Waals surface area contributed by atoms with E-state index in [2.05, 4.69) is 10.3 Å². The Morgan fingerprint density at radius 2 is 2.10 bits per heavy atom. The number of pyridine rings is 1. The Labute approximate surface area is 129 Å². The molecule has 6 heteroatoms. The second kappa shape index (κ2) is 7.41. The maximum absolute atomic E-state index is 12.3. The SMILES string of the molecule is CCCNC(=O)C1CCN(C(=O)c2ccc(Cl)nc2)CC1. The van der Waals surface area contributed by atoms with Crippen LogP contribution < -0.4 is 5.32 Å². The summed E-state index contributed by atoms with van der Waals surface area (Å²) >= 11 is 5.72. The first-order chi connectivity index (χ1) is 10.1. The van der Waals surface area contributed by atoms with Crippen molar-refractivity contribution >= 4 is 23.4 Å². The zero-order valence-electron chi connectivity index (χ0n) is 12.1. The Morgan fingerprint density at radius 1 is 1.38 bits per heavy atom. The van der Waals surface area contributed by atoms with Crippen LogP contribution in [0.5, 0.6) is 0 Å². The highest BCUT2D eigenvalue weighted by Crippen LogP contribution is 2.19. The van der Waals surface area contributed by atoms with Crippen molar-refractivity contribution in [1.82, 2.24) is 15.2 Å². The molecule has 0 bridgehead atoms. The van der Waals surface area contributed by atoms with Gasteiger partial charge in [-0.15, -0.1) is 0 Å². The summed E-state index contributed by atoms with van der Waals surface area (Å²) in [4.78, 5) is 29.9. The third-order valence-corrected chi connectivity index (χ3v) is 3.90. The molecule has 0 aliphatic carbocycles. The molecule has 21 heavy (non-hydrogen) atoms. The number of nitrogens with zero attached hydrogens (tertiary/aromatic N) is 2. The van der Waals surface area contributed by atoms with Crippen LogP contribution in [0.25, 0.3) is 0 Å². The Morgan fingerprint density at radius 3 is 2.67 bits per heavy atom. The highest BCUT2D eigenvalue weighted by Gasteiger charge is 2.27. The summed E-state index contributed by atoms with van der Waals surface area (Å²) in [5, 5.41) is 3.29. The fraction of sp³-hybridized carbons (Fsp3) is 0.533. The van der Waals surface area contributed by atoms with Gasteiger partial charge in [0.05, 0.1) is 5.56 Å². The van der Waals surface area contributed by atoms with Gasteiger partial charge < -0.3 is 10.2 Å². The number of nitrogens with one attached hydrogen (secondary N) is 1. The minimum absolute atomic E-state index is 0.0175. The summed E-state index contributed by atoms with van der Waals surface area (Å²) in [7, 11) is 0. The number of aromatic nitrogens is 1. The number of carbonyl (C=O) groups is 2. The van der Waals surface area contributed by atoms with Gasteiger partial charge in [-0.1, -0.05) is 18.5 Å². The van der Waals surface area contributed by atoms with Gasteiger partial charge in [-0.25, -0.2) is 4.98 Å². The molecular weight excluding hydrogens is 290 g/mol. The van der Waals surface area contributed by atoms with Gasteiger partial charge in [-0.3, -0.25) is 9.59 Å². The average molecular weight is 310 g/mol. The molecule has 1 N–H and O–H groups in total. The average Bonchev–Trinajstić information content (AvgIpc) is 2.53. The molecule has 2 heterocycles. The maximum Gasteiger partial charge on any atom is 0.255 e. The quantitative estimate of drug-likeness (QED) is 0.867. The van der Waals surface area contributed by atoms with Crippen molar-refractivity contribution in [3.8, 4) is 0 Å². The molecule has 2 amide bonds. The predicted molar refractivity (Wildman–Crippen MR) is 81.2 cm³/mol. The molecule has 0 spiro atoms. The number of carbonyl (C=O) groups excluding carboxylic acids is 2. The Hall–Kier alpha value is -1.62. The van der Waals surface area contributed by atoms with Crippen LogP contribution in [0.4, 0.5) is 0 Å². The van der Waals surface area contributed by atoms with Crippen LogP contribution in [0.1, 0.15) is 36.5 Å². The van der Waals surface area contributed by atoms with Crippen LogP contribution in [0.2, 0.25) is 5.15 Å². The smallest absolute Gasteiger partial charge is 0.255 e. The molecule has 0 aromatic carbocycles. The second-order valence-electron chi connectivity index (χ2n) is 5.23. The number of hydrogen-bond donors (Lipinski definition) is 1. The van der Waals surface area contributed by atoms with E-state index in [1.54, 1.807) is 17.0 Å². The topological polar surface area (TPSA) is 62.3 Å². The van der Waals surface area contributed by atoms with E-state index in [0.717, 1.165) is 6.42 Å². The second-order valence-corrected chi connectivity index (χ2v) is 5.61. The molecule has 1 aliphatic heterocycles. The van der Waals surface area contributed by atoms with Crippen LogP contribution in [-0.4, -0.2) is 41.3 Å². The molecule has 1 fully saturated rings. The van der Waals surface area contributed by atoms with Gasteiger partial charge in [0.2, 0.25) is 5.91 Å². The van der Waals surface area contributed by atoms with Gasteiger partial charge >= 0.3 is 0 Å².